The Morgan fingerprint density at radius 1 is 0.735 bits per heavy atom. The summed E-state index contributed by atoms with van der Waals surface area (Å²) < 4.78 is 56.2. The lowest BCUT2D eigenvalue weighted by Crippen LogP contribution is -2.23. The van der Waals surface area contributed by atoms with Gasteiger partial charge in [-0.15, -0.1) is 0 Å². The van der Waals surface area contributed by atoms with Crippen LogP contribution in [0.5, 0.6) is 0 Å². The van der Waals surface area contributed by atoms with Gasteiger partial charge >= 0.3 is 0 Å². The van der Waals surface area contributed by atoms with Crippen LogP contribution in [0.3, 0.4) is 0 Å². The first kappa shape index (κ1) is 23.8. The van der Waals surface area contributed by atoms with Gasteiger partial charge in [-0.25, -0.2) is 16.8 Å². The van der Waals surface area contributed by atoms with Gasteiger partial charge in [-0.2, -0.15) is 0 Å². The van der Waals surface area contributed by atoms with E-state index < -0.39 is 20.0 Å². The van der Waals surface area contributed by atoms with E-state index in [4.69, 9.17) is 0 Å². The molecule has 1 aliphatic rings. The van der Waals surface area contributed by atoms with Crippen molar-refractivity contribution in [1.82, 2.24) is 0 Å². The van der Waals surface area contributed by atoms with E-state index in [9.17, 15) is 21.6 Å². The molecule has 3 aromatic rings. The number of nitrogens with zero attached hydrogens (tertiary/aromatic N) is 1. The topological polar surface area (TPSA) is 113 Å². The number of anilines is 3. The van der Waals surface area contributed by atoms with Crippen molar-refractivity contribution in [2.24, 2.45) is 0 Å². The minimum Gasteiger partial charge on any atom is -0.312 e. The Bertz CT molecular complexity index is 1410. The molecule has 0 aliphatic carbocycles. The van der Waals surface area contributed by atoms with E-state index >= 15 is 0 Å². The third kappa shape index (κ3) is 4.92. The largest absolute Gasteiger partial charge is 0.312 e. The normalized spacial score (nSPS) is 14.3. The van der Waals surface area contributed by atoms with E-state index in [0.717, 1.165) is 17.5 Å². The van der Waals surface area contributed by atoms with E-state index in [1.54, 1.807) is 17.0 Å². The highest BCUT2D eigenvalue weighted by Gasteiger charge is 2.23. The highest BCUT2D eigenvalue weighted by molar-refractivity contribution is 7.93. The average molecular weight is 500 g/mol. The summed E-state index contributed by atoms with van der Waals surface area (Å²) in [6.45, 7) is 4.26. The lowest BCUT2D eigenvalue weighted by atomic mass is 10.1. The fraction of sp³-hybridized carbons (Fsp3) is 0.208. The van der Waals surface area contributed by atoms with Crippen molar-refractivity contribution in [2.75, 3.05) is 20.9 Å². The van der Waals surface area contributed by atoms with Crippen LogP contribution in [0.2, 0.25) is 0 Å². The molecule has 3 aromatic carbocycles. The molecule has 1 heterocycles. The van der Waals surface area contributed by atoms with E-state index in [1.165, 1.54) is 36.4 Å². The number of rotatable bonds is 7. The summed E-state index contributed by atoms with van der Waals surface area (Å²) in [5.74, 6) is 0.0239. The monoisotopic (exact) mass is 499 g/mol. The Kier molecular flexibility index (Phi) is 6.37. The molecular weight excluding hydrogens is 474 g/mol. The van der Waals surface area contributed by atoms with Crippen LogP contribution >= 0.6 is 0 Å². The average Bonchev–Trinajstić information content (AvgIpc) is 3.22. The molecular formula is C24H25N3O5S2. The first-order chi connectivity index (χ1) is 16.1. The molecule has 1 fully saturated rings. The molecule has 0 saturated carbocycles. The predicted molar refractivity (Wildman–Crippen MR) is 132 cm³/mol. The number of carbonyl (C=O) groups is 1. The maximum atomic E-state index is 12.8. The highest BCUT2D eigenvalue weighted by atomic mass is 32.2. The van der Waals surface area contributed by atoms with Crippen molar-refractivity contribution in [3.63, 3.8) is 0 Å². The summed E-state index contributed by atoms with van der Waals surface area (Å²) >= 11 is 0. The zero-order valence-electron chi connectivity index (χ0n) is 18.8. The van der Waals surface area contributed by atoms with Gasteiger partial charge in [0.15, 0.2) is 0 Å². The number of benzene rings is 3. The van der Waals surface area contributed by atoms with Crippen molar-refractivity contribution in [3.05, 3.63) is 77.9 Å². The molecule has 34 heavy (non-hydrogen) atoms. The lowest BCUT2D eigenvalue weighted by Gasteiger charge is -2.16. The molecule has 1 amide bonds. The summed E-state index contributed by atoms with van der Waals surface area (Å²) in [7, 11) is -7.74. The SMILES string of the molecule is Cc1cccc(C)c1NS(=O)(=O)c1ccc(NS(=O)(=O)c2ccc(N3CCCC3=O)cc2)cc1. The van der Waals surface area contributed by atoms with E-state index in [2.05, 4.69) is 9.44 Å². The predicted octanol–water partition coefficient (Wildman–Crippen LogP) is 4.03. The molecule has 0 aromatic heterocycles. The van der Waals surface area contributed by atoms with Crippen molar-refractivity contribution < 1.29 is 21.6 Å². The Labute approximate surface area is 199 Å². The van der Waals surface area contributed by atoms with Crippen molar-refractivity contribution in [2.45, 2.75) is 36.5 Å². The molecule has 178 valence electrons. The first-order valence-electron chi connectivity index (χ1n) is 10.7. The Hall–Kier alpha value is -3.37. The molecule has 8 nitrogen and oxygen atoms in total. The van der Waals surface area contributed by atoms with Crippen LogP contribution in [0.1, 0.15) is 24.0 Å². The Morgan fingerprint density at radius 3 is 1.79 bits per heavy atom. The Balaban J connectivity index is 1.49. The zero-order valence-corrected chi connectivity index (χ0v) is 20.4. The summed E-state index contributed by atoms with van der Waals surface area (Å²) in [6, 6.07) is 17.1. The minimum atomic E-state index is -3.89. The molecule has 4 rings (SSSR count). The van der Waals surface area contributed by atoms with Gasteiger partial charge in [0.2, 0.25) is 5.91 Å². The zero-order chi connectivity index (χ0) is 24.5. The summed E-state index contributed by atoms with van der Waals surface area (Å²) in [4.78, 5) is 13.6. The second-order valence-electron chi connectivity index (χ2n) is 8.15. The van der Waals surface area contributed by atoms with Crippen LogP contribution in [0, 0.1) is 13.8 Å². The highest BCUT2D eigenvalue weighted by Crippen LogP contribution is 2.26. The number of para-hydroxylation sites is 1. The van der Waals surface area contributed by atoms with Crippen LogP contribution in [-0.4, -0.2) is 29.3 Å². The van der Waals surface area contributed by atoms with Crippen LogP contribution in [0.15, 0.2) is 76.5 Å². The fourth-order valence-electron chi connectivity index (χ4n) is 3.81. The summed E-state index contributed by atoms with van der Waals surface area (Å²) in [6.07, 6.45) is 1.28. The molecule has 1 saturated heterocycles. The number of hydrogen-bond acceptors (Lipinski definition) is 5. The van der Waals surface area contributed by atoms with Gasteiger partial charge in [-0.1, -0.05) is 18.2 Å². The van der Waals surface area contributed by atoms with Crippen LogP contribution < -0.4 is 14.3 Å². The quantitative estimate of drug-likeness (QED) is 0.510. The maximum Gasteiger partial charge on any atom is 0.261 e. The third-order valence-electron chi connectivity index (χ3n) is 5.67. The van der Waals surface area contributed by atoms with E-state index in [1.807, 2.05) is 32.0 Å². The van der Waals surface area contributed by atoms with Crippen molar-refractivity contribution in [1.29, 1.82) is 0 Å². The molecule has 0 spiro atoms. The number of sulfonamides is 2. The van der Waals surface area contributed by atoms with Crippen LogP contribution in [0.25, 0.3) is 0 Å². The molecule has 10 heteroatoms. The van der Waals surface area contributed by atoms with Crippen molar-refractivity contribution in [3.8, 4) is 0 Å². The molecule has 0 unspecified atom stereocenters. The second kappa shape index (κ2) is 9.11. The first-order valence-corrected chi connectivity index (χ1v) is 13.7. The van der Waals surface area contributed by atoms with Gasteiger partial charge in [-0.05, 0) is 79.9 Å². The van der Waals surface area contributed by atoms with Crippen LogP contribution in [0.4, 0.5) is 17.1 Å². The van der Waals surface area contributed by atoms with Gasteiger partial charge < -0.3 is 4.90 Å². The number of carbonyl (C=O) groups excluding carboxylic acids is 1. The van der Waals surface area contributed by atoms with Gasteiger partial charge in [0, 0.05) is 24.3 Å². The lowest BCUT2D eigenvalue weighted by molar-refractivity contribution is -0.117. The number of nitrogens with one attached hydrogen (secondary N) is 2. The Morgan fingerprint density at radius 2 is 1.26 bits per heavy atom. The van der Waals surface area contributed by atoms with E-state index in [0.29, 0.717) is 24.3 Å². The number of amides is 1. The minimum absolute atomic E-state index is 0.0118. The van der Waals surface area contributed by atoms with Crippen molar-refractivity contribution >= 4 is 43.0 Å². The fourth-order valence-corrected chi connectivity index (χ4v) is 6.07. The smallest absolute Gasteiger partial charge is 0.261 e. The summed E-state index contributed by atoms with van der Waals surface area (Å²) in [5, 5.41) is 0. The van der Waals surface area contributed by atoms with Crippen LogP contribution in [-0.2, 0) is 24.8 Å². The molecule has 1 aliphatic heterocycles. The molecule has 2 N–H and O–H groups in total. The molecule has 0 radical (unpaired) electrons. The molecule has 0 bridgehead atoms. The standard InChI is InChI=1S/C24H25N3O5S2/c1-17-5-3-6-18(2)24(17)26-34(31,32)21-12-8-19(9-13-21)25-33(29,30)22-14-10-20(11-15-22)27-16-4-7-23(27)28/h3,5-6,8-15,25-26H,4,7,16H2,1-2H3. The summed E-state index contributed by atoms with van der Waals surface area (Å²) in [5.41, 5.74) is 3.00. The van der Waals surface area contributed by atoms with Gasteiger partial charge in [0.1, 0.15) is 0 Å². The van der Waals surface area contributed by atoms with E-state index in [-0.39, 0.29) is 21.4 Å². The second-order valence-corrected chi connectivity index (χ2v) is 11.5. The molecule has 0 atom stereocenters. The third-order valence-corrected chi connectivity index (χ3v) is 8.43. The van der Waals surface area contributed by atoms with Gasteiger partial charge in [0.25, 0.3) is 20.0 Å². The number of hydrogen-bond donors (Lipinski definition) is 2. The number of aryl methyl sites for hydroxylation is 2. The van der Waals surface area contributed by atoms with Gasteiger partial charge in [0.05, 0.1) is 15.5 Å². The maximum absolute atomic E-state index is 12.8. The van der Waals surface area contributed by atoms with Gasteiger partial charge in [-0.3, -0.25) is 14.2 Å².